The second-order valence-electron chi connectivity index (χ2n) is 6.04. The minimum Gasteiger partial charge on any atom is -0.317 e. The van der Waals surface area contributed by atoms with Crippen LogP contribution in [0, 0.1) is 11.3 Å². The molecule has 0 fully saturated rings. The largest absolute Gasteiger partial charge is 0.317 e. The lowest BCUT2D eigenvalue weighted by Crippen LogP contribution is -2.35. The Morgan fingerprint density at radius 1 is 1.17 bits per heavy atom. The Bertz CT molecular complexity index is 307. The second-order valence-corrected chi connectivity index (χ2v) is 7.96. The number of hydrogen-bond donors (Lipinski definition) is 2. The third-order valence-electron chi connectivity index (χ3n) is 3.28. The number of sulfonamides is 1. The molecule has 110 valence electrons. The standard InChI is InChI=1S/C13H30N2O2S/c1-6-8-14-9-7-10-18(16,17)15-11-12(2)13(3,4)5/h12,14-15H,6-11H2,1-5H3. The molecule has 0 aliphatic heterocycles. The zero-order valence-electron chi connectivity index (χ0n) is 12.5. The summed E-state index contributed by atoms with van der Waals surface area (Å²) >= 11 is 0. The van der Waals surface area contributed by atoms with Gasteiger partial charge < -0.3 is 5.32 Å². The average molecular weight is 278 g/mol. The van der Waals surface area contributed by atoms with Gasteiger partial charge in [0.15, 0.2) is 0 Å². The minimum absolute atomic E-state index is 0.130. The van der Waals surface area contributed by atoms with Crippen molar-refractivity contribution in [2.45, 2.75) is 47.5 Å². The molecule has 0 bridgehead atoms. The lowest BCUT2D eigenvalue weighted by atomic mass is 9.82. The third kappa shape index (κ3) is 8.89. The molecule has 4 nitrogen and oxygen atoms in total. The smallest absolute Gasteiger partial charge is 0.211 e. The van der Waals surface area contributed by atoms with E-state index in [2.05, 4.69) is 44.7 Å². The van der Waals surface area contributed by atoms with Gasteiger partial charge in [0.1, 0.15) is 0 Å². The molecule has 0 aromatic heterocycles. The highest BCUT2D eigenvalue weighted by Gasteiger charge is 2.21. The van der Waals surface area contributed by atoms with E-state index in [9.17, 15) is 8.42 Å². The van der Waals surface area contributed by atoms with E-state index in [0.717, 1.165) is 19.5 Å². The first-order valence-electron chi connectivity index (χ1n) is 6.87. The maximum atomic E-state index is 11.8. The van der Waals surface area contributed by atoms with Gasteiger partial charge in [0, 0.05) is 6.54 Å². The van der Waals surface area contributed by atoms with E-state index >= 15 is 0 Å². The van der Waals surface area contributed by atoms with Crippen LogP contribution in [0.15, 0.2) is 0 Å². The van der Waals surface area contributed by atoms with Crippen molar-refractivity contribution in [3.8, 4) is 0 Å². The van der Waals surface area contributed by atoms with Crippen molar-refractivity contribution in [3.63, 3.8) is 0 Å². The topological polar surface area (TPSA) is 58.2 Å². The van der Waals surface area contributed by atoms with E-state index < -0.39 is 10.0 Å². The van der Waals surface area contributed by atoms with Crippen LogP contribution < -0.4 is 10.0 Å². The Balaban J connectivity index is 3.88. The molecule has 2 N–H and O–H groups in total. The molecule has 1 atom stereocenters. The van der Waals surface area contributed by atoms with E-state index in [1.54, 1.807) is 0 Å². The molecule has 0 aliphatic carbocycles. The van der Waals surface area contributed by atoms with Crippen LogP contribution in [0.1, 0.15) is 47.5 Å². The summed E-state index contributed by atoms with van der Waals surface area (Å²) in [6, 6.07) is 0. The Kier molecular flexibility index (Phi) is 8.06. The fourth-order valence-electron chi connectivity index (χ4n) is 1.32. The van der Waals surface area contributed by atoms with Crippen LogP contribution >= 0.6 is 0 Å². The Labute approximate surface area is 113 Å². The van der Waals surface area contributed by atoms with Crippen LogP contribution in [0.2, 0.25) is 0 Å². The van der Waals surface area contributed by atoms with Crippen LogP contribution in [-0.2, 0) is 10.0 Å². The lowest BCUT2D eigenvalue weighted by Gasteiger charge is -2.27. The molecule has 0 spiro atoms. The van der Waals surface area contributed by atoms with Gasteiger partial charge in [-0.05, 0) is 37.3 Å². The van der Waals surface area contributed by atoms with Crippen LogP contribution in [0.25, 0.3) is 0 Å². The Morgan fingerprint density at radius 2 is 1.78 bits per heavy atom. The van der Waals surface area contributed by atoms with Crippen LogP contribution in [0.3, 0.4) is 0 Å². The highest BCUT2D eigenvalue weighted by Crippen LogP contribution is 2.24. The molecule has 0 aromatic rings. The van der Waals surface area contributed by atoms with Crippen molar-refractivity contribution >= 4 is 10.0 Å². The SMILES string of the molecule is CCCNCCCS(=O)(=O)NCC(C)C(C)(C)C. The van der Waals surface area contributed by atoms with Crippen LogP contribution in [-0.4, -0.2) is 33.8 Å². The first kappa shape index (κ1) is 17.9. The monoisotopic (exact) mass is 278 g/mol. The van der Waals surface area contributed by atoms with E-state index in [-0.39, 0.29) is 11.2 Å². The number of rotatable bonds is 9. The fourth-order valence-corrected chi connectivity index (χ4v) is 2.49. The predicted molar refractivity (Wildman–Crippen MR) is 78.2 cm³/mol. The van der Waals surface area contributed by atoms with Crippen LogP contribution in [0.5, 0.6) is 0 Å². The quantitative estimate of drug-likeness (QED) is 0.634. The van der Waals surface area contributed by atoms with E-state index in [1.165, 1.54) is 0 Å². The third-order valence-corrected chi connectivity index (χ3v) is 4.71. The summed E-state index contributed by atoms with van der Waals surface area (Å²) in [4.78, 5) is 0. The van der Waals surface area contributed by atoms with E-state index in [0.29, 0.717) is 18.9 Å². The van der Waals surface area contributed by atoms with Gasteiger partial charge >= 0.3 is 0 Å². The average Bonchev–Trinajstić information content (AvgIpc) is 2.24. The predicted octanol–water partition coefficient (Wildman–Crippen LogP) is 1.98. The zero-order chi connectivity index (χ0) is 14.2. The lowest BCUT2D eigenvalue weighted by molar-refractivity contribution is 0.263. The zero-order valence-corrected chi connectivity index (χ0v) is 13.4. The first-order valence-corrected chi connectivity index (χ1v) is 8.52. The molecule has 0 aliphatic rings. The number of hydrogen-bond acceptors (Lipinski definition) is 3. The van der Waals surface area contributed by atoms with Gasteiger partial charge in [-0.25, -0.2) is 13.1 Å². The molecule has 18 heavy (non-hydrogen) atoms. The summed E-state index contributed by atoms with van der Waals surface area (Å²) in [7, 11) is -3.11. The normalized spacial score (nSPS) is 14.7. The summed E-state index contributed by atoms with van der Waals surface area (Å²) in [6.07, 6.45) is 1.74. The molecule has 0 amide bonds. The van der Waals surface area contributed by atoms with Gasteiger partial charge in [0.05, 0.1) is 5.75 Å². The van der Waals surface area contributed by atoms with Gasteiger partial charge in [-0.2, -0.15) is 0 Å². The van der Waals surface area contributed by atoms with Crippen molar-refractivity contribution in [1.82, 2.24) is 10.0 Å². The van der Waals surface area contributed by atoms with Crippen molar-refractivity contribution < 1.29 is 8.42 Å². The van der Waals surface area contributed by atoms with Gasteiger partial charge in [-0.15, -0.1) is 0 Å². The summed E-state index contributed by atoms with van der Waals surface area (Å²) in [6.45, 7) is 12.8. The van der Waals surface area contributed by atoms with Gasteiger partial charge in [0.25, 0.3) is 0 Å². The molecule has 1 unspecified atom stereocenters. The molecule has 0 saturated heterocycles. The fraction of sp³-hybridized carbons (Fsp3) is 1.00. The summed E-state index contributed by atoms with van der Waals surface area (Å²) in [5.74, 6) is 0.533. The maximum Gasteiger partial charge on any atom is 0.211 e. The van der Waals surface area contributed by atoms with Gasteiger partial charge in [0.2, 0.25) is 10.0 Å². The molecular weight excluding hydrogens is 248 g/mol. The van der Waals surface area contributed by atoms with Crippen molar-refractivity contribution in [2.24, 2.45) is 11.3 Å². The number of nitrogens with one attached hydrogen (secondary N) is 2. The Morgan fingerprint density at radius 3 is 2.28 bits per heavy atom. The van der Waals surface area contributed by atoms with Gasteiger partial charge in [-0.1, -0.05) is 34.6 Å². The highest BCUT2D eigenvalue weighted by molar-refractivity contribution is 7.89. The minimum atomic E-state index is -3.11. The van der Waals surface area contributed by atoms with Gasteiger partial charge in [-0.3, -0.25) is 0 Å². The molecule has 0 radical (unpaired) electrons. The van der Waals surface area contributed by atoms with E-state index in [4.69, 9.17) is 0 Å². The summed E-state index contributed by atoms with van der Waals surface area (Å²) in [5.41, 5.74) is 0.130. The highest BCUT2D eigenvalue weighted by atomic mass is 32.2. The Hall–Kier alpha value is -0.130. The van der Waals surface area contributed by atoms with E-state index in [1.807, 2.05) is 0 Å². The summed E-state index contributed by atoms with van der Waals surface area (Å²) in [5, 5.41) is 3.20. The van der Waals surface area contributed by atoms with Crippen molar-refractivity contribution in [3.05, 3.63) is 0 Å². The molecular formula is C13H30N2O2S. The maximum absolute atomic E-state index is 11.8. The molecule has 0 rings (SSSR count). The molecule has 0 heterocycles. The van der Waals surface area contributed by atoms with Crippen molar-refractivity contribution in [1.29, 1.82) is 0 Å². The second kappa shape index (κ2) is 8.12. The molecule has 0 aromatic carbocycles. The molecule has 5 heteroatoms. The summed E-state index contributed by atoms with van der Waals surface area (Å²) < 4.78 is 26.2. The van der Waals surface area contributed by atoms with Crippen LogP contribution in [0.4, 0.5) is 0 Å². The molecule has 0 saturated carbocycles. The first-order chi connectivity index (χ1) is 8.19. The van der Waals surface area contributed by atoms with Crippen molar-refractivity contribution in [2.75, 3.05) is 25.4 Å².